The van der Waals surface area contributed by atoms with Crippen molar-refractivity contribution in [3.8, 4) is 0 Å². The van der Waals surface area contributed by atoms with Gasteiger partial charge in [0.2, 0.25) is 0 Å². The van der Waals surface area contributed by atoms with Gasteiger partial charge in [-0.05, 0) is 41.5 Å². The standard InChI is InChI=1S/C27H25N3O4/c31-25(28-24-8-4-1-5-21(24)18-29-13-15-34-16-14-29)20-11-9-19(10-12-20)17-30-26(32)22-6-2-3-7-23(22)27(30)33/h1-12H,13-18H2,(H,28,31). The summed E-state index contributed by atoms with van der Waals surface area (Å²) < 4.78 is 5.42. The molecule has 1 fully saturated rings. The zero-order valence-corrected chi connectivity index (χ0v) is 18.7. The molecular formula is C27H25N3O4. The maximum atomic E-state index is 12.9. The van der Waals surface area contributed by atoms with Crippen LogP contribution in [0, 0.1) is 0 Å². The van der Waals surface area contributed by atoms with Crippen LogP contribution < -0.4 is 5.32 Å². The molecule has 2 aliphatic rings. The Morgan fingerprint density at radius 3 is 2.09 bits per heavy atom. The summed E-state index contributed by atoms with van der Waals surface area (Å²) in [5, 5.41) is 3.02. The minimum absolute atomic E-state index is 0.163. The van der Waals surface area contributed by atoms with E-state index in [9.17, 15) is 14.4 Å². The molecule has 3 amide bonds. The molecule has 0 radical (unpaired) electrons. The number of hydrogen-bond donors (Lipinski definition) is 1. The molecule has 0 bridgehead atoms. The van der Waals surface area contributed by atoms with Crippen molar-refractivity contribution in [2.45, 2.75) is 13.1 Å². The Morgan fingerprint density at radius 2 is 1.41 bits per heavy atom. The fourth-order valence-electron chi connectivity index (χ4n) is 4.30. The number of ether oxygens (including phenoxy) is 1. The van der Waals surface area contributed by atoms with E-state index in [1.807, 2.05) is 24.3 Å². The number of rotatable bonds is 6. The lowest BCUT2D eigenvalue weighted by atomic mass is 10.1. The molecule has 2 aliphatic heterocycles. The number of amides is 3. The quantitative estimate of drug-likeness (QED) is 0.575. The van der Waals surface area contributed by atoms with Gasteiger partial charge in [-0.15, -0.1) is 0 Å². The van der Waals surface area contributed by atoms with Gasteiger partial charge in [-0.2, -0.15) is 0 Å². The second kappa shape index (κ2) is 9.59. The zero-order valence-electron chi connectivity index (χ0n) is 18.7. The Balaban J connectivity index is 1.25. The maximum Gasteiger partial charge on any atom is 0.261 e. The molecule has 2 heterocycles. The maximum absolute atomic E-state index is 12.9. The van der Waals surface area contributed by atoms with Crippen LogP contribution in [-0.4, -0.2) is 53.8 Å². The fraction of sp³-hybridized carbons (Fsp3) is 0.222. The number of fused-ring (bicyclic) bond motifs is 1. The van der Waals surface area contributed by atoms with Crippen molar-refractivity contribution in [3.63, 3.8) is 0 Å². The molecule has 0 aliphatic carbocycles. The molecule has 172 valence electrons. The molecule has 34 heavy (non-hydrogen) atoms. The summed E-state index contributed by atoms with van der Waals surface area (Å²) in [6, 6.07) is 21.6. The van der Waals surface area contributed by atoms with E-state index in [1.165, 1.54) is 4.90 Å². The van der Waals surface area contributed by atoms with Crippen LogP contribution in [0.3, 0.4) is 0 Å². The van der Waals surface area contributed by atoms with E-state index in [0.29, 0.717) is 16.7 Å². The molecule has 0 saturated carbocycles. The van der Waals surface area contributed by atoms with E-state index in [1.54, 1.807) is 48.5 Å². The summed E-state index contributed by atoms with van der Waals surface area (Å²) in [5.41, 5.74) is 3.98. The molecule has 3 aromatic carbocycles. The molecule has 0 atom stereocenters. The molecule has 7 heteroatoms. The Bertz CT molecular complexity index is 1200. The lowest BCUT2D eigenvalue weighted by Gasteiger charge is -2.27. The van der Waals surface area contributed by atoms with Gasteiger partial charge in [-0.3, -0.25) is 24.2 Å². The summed E-state index contributed by atoms with van der Waals surface area (Å²) in [6.07, 6.45) is 0. The Hall–Kier alpha value is -3.81. The van der Waals surface area contributed by atoms with Crippen LogP contribution in [0.4, 0.5) is 5.69 Å². The smallest absolute Gasteiger partial charge is 0.261 e. The van der Waals surface area contributed by atoms with Crippen molar-refractivity contribution in [3.05, 3.63) is 101 Å². The number of morpholine rings is 1. The van der Waals surface area contributed by atoms with Gasteiger partial charge >= 0.3 is 0 Å². The van der Waals surface area contributed by atoms with Crippen LogP contribution in [0.2, 0.25) is 0 Å². The average molecular weight is 456 g/mol. The van der Waals surface area contributed by atoms with Crippen LogP contribution in [0.5, 0.6) is 0 Å². The monoisotopic (exact) mass is 455 g/mol. The number of hydrogen-bond acceptors (Lipinski definition) is 5. The largest absolute Gasteiger partial charge is 0.379 e. The number of carbonyl (C=O) groups is 3. The highest BCUT2D eigenvalue weighted by atomic mass is 16.5. The van der Waals surface area contributed by atoms with E-state index in [4.69, 9.17) is 4.74 Å². The third kappa shape index (κ3) is 4.48. The first-order valence-electron chi connectivity index (χ1n) is 11.3. The Labute approximate surface area is 197 Å². The normalized spacial score (nSPS) is 15.9. The van der Waals surface area contributed by atoms with Crippen LogP contribution >= 0.6 is 0 Å². The highest BCUT2D eigenvalue weighted by Gasteiger charge is 2.34. The number of carbonyl (C=O) groups excluding carboxylic acids is 3. The van der Waals surface area contributed by atoms with E-state index < -0.39 is 0 Å². The first-order valence-corrected chi connectivity index (χ1v) is 11.3. The number of benzene rings is 3. The lowest BCUT2D eigenvalue weighted by molar-refractivity contribution is 0.0342. The van der Waals surface area contributed by atoms with Gasteiger partial charge < -0.3 is 10.1 Å². The predicted octanol–water partition coefficient (Wildman–Crippen LogP) is 3.57. The van der Waals surface area contributed by atoms with Crippen molar-refractivity contribution in [2.75, 3.05) is 31.6 Å². The lowest BCUT2D eigenvalue weighted by Crippen LogP contribution is -2.35. The topological polar surface area (TPSA) is 79.0 Å². The first-order chi connectivity index (χ1) is 16.6. The molecular weight excluding hydrogens is 430 g/mol. The van der Waals surface area contributed by atoms with E-state index in [2.05, 4.69) is 10.2 Å². The highest BCUT2D eigenvalue weighted by Crippen LogP contribution is 2.24. The zero-order chi connectivity index (χ0) is 23.5. The number of para-hydroxylation sites is 1. The number of imide groups is 1. The van der Waals surface area contributed by atoms with Gasteiger partial charge in [0, 0.05) is 30.9 Å². The fourth-order valence-corrected chi connectivity index (χ4v) is 4.30. The highest BCUT2D eigenvalue weighted by molar-refractivity contribution is 6.21. The second-order valence-corrected chi connectivity index (χ2v) is 8.44. The summed E-state index contributed by atoms with van der Waals surface area (Å²) in [4.78, 5) is 41.6. The van der Waals surface area contributed by atoms with Gasteiger partial charge in [0.05, 0.1) is 30.9 Å². The molecule has 0 unspecified atom stereocenters. The third-order valence-corrected chi connectivity index (χ3v) is 6.20. The van der Waals surface area contributed by atoms with Gasteiger partial charge in [-0.25, -0.2) is 0 Å². The van der Waals surface area contributed by atoms with E-state index in [-0.39, 0.29) is 24.3 Å². The van der Waals surface area contributed by atoms with Crippen molar-refractivity contribution < 1.29 is 19.1 Å². The van der Waals surface area contributed by atoms with E-state index >= 15 is 0 Å². The minimum atomic E-state index is -0.292. The van der Waals surface area contributed by atoms with Crippen molar-refractivity contribution in [1.29, 1.82) is 0 Å². The summed E-state index contributed by atoms with van der Waals surface area (Å²) in [5.74, 6) is -0.791. The number of nitrogens with zero attached hydrogens (tertiary/aromatic N) is 2. The Kier molecular flexibility index (Phi) is 6.20. The van der Waals surface area contributed by atoms with Crippen LogP contribution in [0.25, 0.3) is 0 Å². The average Bonchev–Trinajstić information content (AvgIpc) is 3.11. The Morgan fingerprint density at radius 1 is 0.794 bits per heavy atom. The SMILES string of the molecule is O=C(Nc1ccccc1CN1CCOCC1)c1ccc(CN2C(=O)c3ccccc3C2=O)cc1. The predicted molar refractivity (Wildman–Crippen MR) is 128 cm³/mol. The number of nitrogens with one attached hydrogen (secondary N) is 1. The van der Waals surface area contributed by atoms with Crippen molar-refractivity contribution >= 4 is 23.4 Å². The molecule has 0 spiro atoms. The van der Waals surface area contributed by atoms with Gasteiger partial charge in [0.15, 0.2) is 0 Å². The number of anilines is 1. The molecule has 1 N–H and O–H groups in total. The second-order valence-electron chi connectivity index (χ2n) is 8.44. The van der Waals surface area contributed by atoms with Crippen LogP contribution in [-0.2, 0) is 17.8 Å². The van der Waals surface area contributed by atoms with Crippen molar-refractivity contribution in [1.82, 2.24) is 9.80 Å². The summed E-state index contributed by atoms with van der Waals surface area (Å²) in [7, 11) is 0. The summed E-state index contributed by atoms with van der Waals surface area (Å²) in [6.45, 7) is 4.10. The minimum Gasteiger partial charge on any atom is -0.379 e. The molecule has 3 aromatic rings. The molecule has 5 rings (SSSR count). The first kappa shape index (κ1) is 22.0. The van der Waals surface area contributed by atoms with Gasteiger partial charge in [0.1, 0.15) is 0 Å². The molecule has 1 saturated heterocycles. The van der Waals surface area contributed by atoms with Gasteiger partial charge in [-0.1, -0.05) is 42.5 Å². The molecule has 7 nitrogen and oxygen atoms in total. The van der Waals surface area contributed by atoms with Crippen molar-refractivity contribution in [2.24, 2.45) is 0 Å². The van der Waals surface area contributed by atoms with Gasteiger partial charge in [0.25, 0.3) is 17.7 Å². The third-order valence-electron chi connectivity index (χ3n) is 6.20. The summed E-state index contributed by atoms with van der Waals surface area (Å²) >= 11 is 0. The van der Waals surface area contributed by atoms with E-state index in [0.717, 1.165) is 49.7 Å². The molecule has 0 aromatic heterocycles. The van der Waals surface area contributed by atoms with Crippen LogP contribution in [0.15, 0.2) is 72.8 Å². The van der Waals surface area contributed by atoms with Crippen LogP contribution in [0.1, 0.15) is 42.2 Å².